The summed E-state index contributed by atoms with van der Waals surface area (Å²) in [5.41, 5.74) is -1.30. The maximum absolute atomic E-state index is 12.8. The van der Waals surface area contributed by atoms with Crippen molar-refractivity contribution >= 4 is 6.09 Å². The van der Waals surface area contributed by atoms with Crippen molar-refractivity contribution in [3.05, 3.63) is 23.8 Å². The van der Waals surface area contributed by atoms with Crippen LogP contribution in [0.3, 0.4) is 0 Å². The number of carbonyl (C=O) groups is 1. The standard InChI is InChI=1S/C19H24F3NO4/c1-18(2,3)27-17(24)23-8-12-13(9-23)14(12)10-26-15-6-5-11(19(20,21)22)7-16(15)25-4/h5-7,12-14H,8-10H2,1-4H3/t12-,13+,14+. The zero-order chi connectivity index (χ0) is 20.0. The first-order valence-corrected chi connectivity index (χ1v) is 8.85. The van der Waals surface area contributed by atoms with E-state index in [-0.39, 0.29) is 17.8 Å². The summed E-state index contributed by atoms with van der Waals surface area (Å²) in [6, 6.07) is 3.20. The molecule has 0 spiro atoms. The first-order chi connectivity index (χ1) is 12.5. The Morgan fingerprint density at radius 2 is 1.78 bits per heavy atom. The molecule has 1 aliphatic carbocycles. The van der Waals surface area contributed by atoms with Crippen LogP contribution in [0.25, 0.3) is 0 Å². The molecule has 1 heterocycles. The predicted molar refractivity (Wildman–Crippen MR) is 91.8 cm³/mol. The van der Waals surface area contributed by atoms with Crippen molar-refractivity contribution in [2.75, 3.05) is 26.8 Å². The summed E-state index contributed by atoms with van der Waals surface area (Å²) in [5.74, 6) is 1.33. The second-order valence-electron chi connectivity index (χ2n) is 8.05. The summed E-state index contributed by atoms with van der Waals surface area (Å²) >= 11 is 0. The Bertz CT molecular complexity index is 702. The van der Waals surface area contributed by atoms with Crippen LogP contribution in [0.15, 0.2) is 18.2 Å². The van der Waals surface area contributed by atoms with Gasteiger partial charge in [0.15, 0.2) is 11.5 Å². The van der Waals surface area contributed by atoms with E-state index in [0.717, 1.165) is 12.1 Å². The van der Waals surface area contributed by atoms with E-state index in [1.54, 1.807) is 4.90 Å². The zero-order valence-corrected chi connectivity index (χ0v) is 15.8. The van der Waals surface area contributed by atoms with Crippen LogP contribution in [0.5, 0.6) is 11.5 Å². The number of hydrogen-bond acceptors (Lipinski definition) is 4. The molecule has 1 saturated carbocycles. The molecule has 0 aromatic heterocycles. The summed E-state index contributed by atoms with van der Waals surface area (Å²) in [4.78, 5) is 13.8. The maximum Gasteiger partial charge on any atom is 0.416 e. The Morgan fingerprint density at radius 1 is 1.15 bits per heavy atom. The highest BCUT2D eigenvalue weighted by atomic mass is 19.4. The highest BCUT2D eigenvalue weighted by Crippen LogP contribution is 2.52. The highest BCUT2D eigenvalue weighted by molar-refractivity contribution is 5.69. The lowest BCUT2D eigenvalue weighted by molar-refractivity contribution is -0.137. The summed E-state index contributed by atoms with van der Waals surface area (Å²) in [7, 11) is 1.31. The average molecular weight is 387 g/mol. The van der Waals surface area contributed by atoms with Crippen molar-refractivity contribution in [1.82, 2.24) is 4.90 Å². The van der Waals surface area contributed by atoms with E-state index in [0.29, 0.717) is 37.3 Å². The summed E-state index contributed by atoms with van der Waals surface area (Å²) in [6.45, 7) is 7.12. The molecular formula is C19H24F3NO4. The second kappa shape index (κ2) is 6.80. The number of hydrogen-bond donors (Lipinski definition) is 0. The van der Waals surface area contributed by atoms with Crippen molar-refractivity contribution in [2.24, 2.45) is 17.8 Å². The number of nitrogens with zero attached hydrogens (tertiary/aromatic N) is 1. The number of amides is 1. The largest absolute Gasteiger partial charge is 0.493 e. The molecule has 1 aromatic rings. The van der Waals surface area contributed by atoms with Gasteiger partial charge in [0.05, 0.1) is 19.3 Å². The van der Waals surface area contributed by atoms with E-state index in [4.69, 9.17) is 14.2 Å². The van der Waals surface area contributed by atoms with Crippen molar-refractivity contribution in [3.8, 4) is 11.5 Å². The molecular weight excluding hydrogens is 363 g/mol. The number of carbonyl (C=O) groups excluding carboxylic acids is 1. The Balaban J connectivity index is 1.52. The van der Waals surface area contributed by atoms with Crippen LogP contribution in [0.2, 0.25) is 0 Å². The lowest BCUT2D eigenvalue weighted by atomic mass is 10.2. The lowest BCUT2D eigenvalue weighted by Gasteiger charge is -2.26. The highest BCUT2D eigenvalue weighted by Gasteiger charge is 2.57. The number of halogens is 3. The van der Waals surface area contributed by atoms with Gasteiger partial charge in [-0.1, -0.05) is 0 Å². The van der Waals surface area contributed by atoms with Crippen LogP contribution in [-0.4, -0.2) is 43.4 Å². The van der Waals surface area contributed by atoms with Gasteiger partial charge in [0.1, 0.15) is 5.60 Å². The SMILES string of the molecule is COc1cc(C(F)(F)F)ccc1OC[C@@H]1[C@H]2CN(C(=O)OC(C)(C)C)C[C@@H]12. The van der Waals surface area contributed by atoms with Gasteiger partial charge in [0.2, 0.25) is 0 Å². The van der Waals surface area contributed by atoms with E-state index in [2.05, 4.69) is 0 Å². The Labute approximate surface area is 156 Å². The number of alkyl halides is 3. The van der Waals surface area contributed by atoms with Gasteiger partial charge in [-0.2, -0.15) is 13.2 Å². The van der Waals surface area contributed by atoms with E-state index in [9.17, 15) is 18.0 Å². The first kappa shape index (κ1) is 19.6. The molecule has 2 aliphatic rings. The van der Waals surface area contributed by atoms with E-state index in [1.165, 1.54) is 13.2 Å². The molecule has 0 radical (unpaired) electrons. The van der Waals surface area contributed by atoms with Gasteiger partial charge in [0.25, 0.3) is 0 Å². The molecule has 2 fully saturated rings. The number of methoxy groups -OCH3 is 1. The zero-order valence-electron chi connectivity index (χ0n) is 15.8. The molecule has 1 saturated heterocycles. The molecule has 0 bridgehead atoms. The topological polar surface area (TPSA) is 48.0 Å². The molecule has 150 valence electrons. The predicted octanol–water partition coefficient (Wildman–Crippen LogP) is 4.21. The van der Waals surface area contributed by atoms with Crippen molar-refractivity contribution in [1.29, 1.82) is 0 Å². The lowest BCUT2D eigenvalue weighted by Crippen LogP contribution is -2.37. The minimum atomic E-state index is -4.43. The van der Waals surface area contributed by atoms with Gasteiger partial charge < -0.3 is 19.1 Å². The van der Waals surface area contributed by atoms with Crippen LogP contribution in [-0.2, 0) is 10.9 Å². The fourth-order valence-electron chi connectivity index (χ4n) is 3.52. The minimum Gasteiger partial charge on any atom is -0.493 e. The molecule has 0 N–H and O–H groups in total. The monoisotopic (exact) mass is 387 g/mol. The number of benzene rings is 1. The van der Waals surface area contributed by atoms with Gasteiger partial charge in [0, 0.05) is 19.0 Å². The van der Waals surface area contributed by atoms with Crippen LogP contribution >= 0.6 is 0 Å². The normalized spacial score (nSPS) is 24.4. The van der Waals surface area contributed by atoms with Gasteiger partial charge in [-0.3, -0.25) is 0 Å². The van der Waals surface area contributed by atoms with E-state index >= 15 is 0 Å². The van der Waals surface area contributed by atoms with Gasteiger partial charge >= 0.3 is 12.3 Å². The second-order valence-corrected chi connectivity index (χ2v) is 8.05. The summed E-state index contributed by atoms with van der Waals surface area (Å²) in [6.07, 6.45) is -4.73. The van der Waals surface area contributed by atoms with E-state index in [1.807, 2.05) is 20.8 Å². The molecule has 27 heavy (non-hydrogen) atoms. The smallest absolute Gasteiger partial charge is 0.416 e. The van der Waals surface area contributed by atoms with Crippen LogP contribution < -0.4 is 9.47 Å². The van der Waals surface area contributed by atoms with Gasteiger partial charge in [-0.25, -0.2) is 4.79 Å². The molecule has 1 amide bonds. The fourth-order valence-corrected chi connectivity index (χ4v) is 3.52. The maximum atomic E-state index is 12.8. The van der Waals surface area contributed by atoms with E-state index < -0.39 is 17.3 Å². The Hall–Kier alpha value is -2.12. The van der Waals surface area contributed by atoms with Crippen LogP contribution in [0.4, 0.5) is 18.0 Å². The Kier molecular flexibility index (Phi) is 4.94. The fraction of sp³-hybridized carbons (Fsp3) is 0.632. The average Bonchev–Trinajstić information content (AvgIpc) is 2.99. The van der Waals surface area contributed by atoms with Crippen molar-refractivity contribution in [2.45, 2.75) is 32.5 Å². The van der Waals surface area contributed by atoms with Gasteiger partial charge in [-0.15, -0.1) is 0 Å². The summed E-state index contributed by atoms with van der Waals surface area (Å²) in [5, 5.41) is 0. The number of piperidine rings is 1. The van der Waals surface area contributed by atoms with Crippen LogP contribution in [0, 0.1) is 17.8 Å². The van der Waals surface area contributed by atoms with Gasteiger partial charge in [-0.05, 0) is 50.8 Å². The number of likely N-dealkylation sites (tertiary alicyclic amines) is 1. The molecule has 0 unspecified atom stereocenters. The molecule has 1 aliphatic heterocycles. The number of fused-ring (bicyclic) bond motifs is 1. The third-order valence-electron chi connectivity index (χ3n) is 4.95. The molecule has 1 aromatic carbocycles. The third kappa shape index (κ3) is 4.42. The Morgan fingerprint density at radius 3 is 2.30 bits per heavy atom. The quantitative estimate of drug-likeness (QED) is 0.777. The van der Waals surface area contributed by atoms with Crippen molar-refractivity contribution < 1.29 is 32.2 Å². The molecule has 5 nitrogen and oxygen atoms in total. The number of ether oxygens (including phenoxy) is 3. The number of rotatable bonds is 4. The first-order valence-electron chi connectivity index (χ1n) is 8.85. The third-order valence-corrected chi connectivity index (χ3v) is 4.95. The molecule has 3 atom stereocenters. The van der Waals surface area contributed by atoms with Crippen molar-refractivity contribution in [3.63, 3.8) is 0 Å². The van der Waals surface area contributed by atoms with Crippen LogP contribution in [0.1, 0.15) is 26.3 Å². The minimum absolute atomic E-state index is 0.0611. The molecule has 3 rings (SSSR count). The molecule has 8 heteroatoms. The summed E-state index contributed by atoms with van der Waals surface area (Å²) < 4.78 is 54.5.